The number of aromatic nitrogens is 1. The van der Waals surface area contributed by atoms with Crippen molar-refractivity contribution in [2.45, 2.75) is 38.0 Å². The molecule has 0 N–H and O–H groups in total. The number of oxazole rings is 1. The highest BCUT2D eigenvalue weighted by molar-refractivity contribution is 5.55. The minimum absolute atomic E-state index is 0.543. The van der Waals surface area contributed by atoms with Gasteiger partial charge in [0, 0.05) is 11.5 Å². The van der Waals surface area contributed by atoms with Gasteiger partial charge in [-0.2, -0.15) is 0 Å². The summed E-state index contributed by atoms with van der Waals surface area (Å²) in [6.45, 7) is 0. The zero-order valence-corrected chi connectivity index (χ0v) is 9.93. The monoisotopic (exact) mass is 227 g/mol. The number of hydrogen-bond donors (Lipinski definition) is 0. The van der Waals surface area contributed by atoms with E-state index in [1.807, 2.05) is 24.4 Å². The molecule has 1 heterocycles. The number of hydrogen-bond acceptors (Lipinski definition) is 2. The van der Waals surface area contributed by atoms with Crippen molar-refractivity contribution >= 4 is 0 Å². The molecule has 1 fully saturated rings. The summed E-state index contributed by atoms with van der Waals surface area (Å²) >= 11 is 0. The van der Waals surface area contributed by atoms with E-state index in [1.54, 1.807) is 0 Å². The molecule has 0 bridgehead atoms. The van der Waals surface area contributed by atoms with Gasteiger partial charge >= 0.3 is 0 Å². The Balaban J connectivity index is 1.83. The third kappa shape index (κ3) is 2.26. The van der Waals surface area contributed by atoms with Crippen LogP contribution in [0.25, 0.3) is 11.3 Å². The Bertz CT molecular complexity index is 469. The van der Waals surface area contributed by atoms with Gasteiger partial charge in [-0.3, -0.25) is 0 Å². The summed E-state index contributed by atoms with van der Waals surface area (Å²) in [7, 11) is 0. The largest absolute Gasteiger partial charge is 0.440 e. The first-order valence-corrected chi connectivity index (χ1v) is 6.44. The summed E-state index contributed by atoms with van der Waals surface area (Å²) in [5.41, 5.74) is 1.11. The molecular formula is C15H17NO. The van der Waals surface area contributed by atoms with Crippen LogP contribution in [0.2, 0.25) is 0 Å². The highest BCUT2D eigenvalue weighted by Gasteiger charge is 2.20. The van der Waals surface area contributed by atoms with Gasteiger partial charge in [-0.05, 0) is 12.8 Å². The smallest absolute Gasteiger partial charge is 0.198 e. The van der Waals surface area contributed by atoms with Crippen LogP contribution >= 0.6 is 0 Å². The lowest BCUT2D eigenvalue weighted by Crippen LogP contribution is -2.04. The van der Waals surface area contributed by atoms with Crippen molar-refractivity contribution in [1.82, 2.24) is 4.98 Å². The van der Waals surface area contributed by atoms with Gasteiger partial charge in [0.2, 0.25) is 0 Å². The van der Waals surface area contributed by atoms with Crippen molar-refractivity contribution in [3.05, 3.63) is 42.4 Å². The number of rotatable bonds is 2. The normalized spacial score (nSPS) is 17.2. The van der Waals surface area contributed by atoms with Gasteiger partial charge in [-0.25, -0.2) is 4.98 Å². The van der Waals surface area contributed by atoms with Gasteiger partial charge in [0.15, 0.2) is 11.7 Å². The molecule has 1 aliphatic rings. The van der Waals surface area contributed by atoms with E-state index in [9.17, 15) is 0 Å². The Morgan fingerprint density at radius 1 is 1.00 bits per heavy atom. The van der Waals surface area contributed by atoms with E-state index in [-0.39, 0.29) is 0 Å². The van der Waals surface area contributed by atoms with Crippen LogP contribution in [0.3, 0.4) is 0 Å². The average molecular weight is 227 g/mol. The zero-order chi connectivity index (χ0) is 11.5. The van der Waals surface area contributed by atoms with Gasteiger partial charge in [0.05, 0.1) is 6.20 Å². The highest BCUT2D eigenvalue weighted by Crippen LogP contribution is 2.33. The fraction of sp³-hybridized carbons (Fsp3) is 0.400. The molecule has 0 aliphatic heterocycles. The molecule has 0 radical (unpaired) electrons. The number of nitrogens with zero attached hydrogens (tertiary/aromatic N) is 1. The van der Waals surface area contributed by atoms with Crippen LogP contribution in [0.1, 0.15) is 43.9 Å². The third-order valence-corrected chi connectivity index (χ3v) is 3.54. The molecule has 0 amide bonds. The van der Waals surface area contributed by atoms with Crippen LogP contribution < -0.4 is 0 Å². The first-order chi connectivity index (χ1) is 8.43. The van der Waals surface area contributed by atoms with Crippen molar-refractivity contribution in [3.8, 4) is 11.3 Å². The van der Waals surface area contributed by atoms with Crippen LogP contribution in [0.5, 0.6) is 0 Å². The van der Waals surface area contributed by atoms with Gasteiger partial charge < -0.3 is 4.42 Å². The van der Waals surface area contributed by atoms with Crippen LogP contribution in [0, 0.1) is 0 Å². The van der Waals surface area contributed by atoms with E-state index in [0.29, 0.717) is 5.92 Å². The molecule has 2 heteroatoms. The maximum Gasteiger partial charge on any atom is 0.198 e. The van der Waals surface area contributed by atoms with Crippen LogP contribution in [-0.4, -0.2) is 4.98 Å². The summed E-state index contributed by atoms with van der Waals surface area (Å²) in [5, 5.41) is 0. The Morgan fingerprint density at radius 2 is 1.76 bits per heavy atom. The maximum absolute atomic E-state index is 5.90. The Kier molecular flexibility index (Phi) is 2.95. The summed E-state index contributed by atoms with van der Waals surface area (Å²) in [6.07, 6.45) is 8.31. The third-order valence-electron chi connectivity index (χ3n) is 3.54. The molecule has 0 spiro atoms. The van der Waals surface area contributed by atoms with E-state index >= 15 is 0 Å². The molecule has 0 unspecified atom stereocenters. The highest BCUT2D eigenvalue weighted by atomic mass is 16.4. The molecule has 2 nitrogen and oxygen atoms in total. The predicted molar refractivity (Wildman–Crippen MR) is 67.8 cm³/mol. The summed E-state index contributed by atoms with van der Waals surface area (Å²) in [4.78, 5) is 4.45. The maximum atomic E-state index is 5.90. The van der Waals surface area contributed by atoms with Crippen molar-refractivity contribution in [2.75, 3.05) is 0 Å². The Hall–Kier alpha value is -1.57. The minimum atomic E-state index is 0.543. The van der Waals surface area contributed by atoms with Crippen molar-refractivity contribution < 1.29 is 4.42 Å². The molecule has 17 heavy (non-hydrogen) atoms. The summed E-state index contributed by atoms with van der Waals surface area (Å²) < 4.78 is 5.90. The zero-order valence-electron chi connectivity index (χ0n) is 9.93. The molecule has 1 aliphatic carbocycles. The quantitative estimate of drug-likeness (QED) is 0.760. The second-order valence-corrected chi connectivity index (χ2v) is 4.76. The topological polar surface area (TPSA) is 26.0 Å². The Morgan fingerprint density at radius 3 is 2.53 bits per heavy atom. The molecule has 1 aromatic heterocycles. The molecule has 88 valence electrons. The van der Waals surface area contributed by atoms with Crippen LogP contribution in [0.4, 0.5) is 0 Å². The van der Waals surface area contributed by atoms with Crippen molar-refractivity contribution in [3.63, 3.8) is 0 Å². The fourth-order valence-electron chi connectivity index (χ4n) is 2.56. The molecule has 0 atom stereocenters. The summed E-state index contributed by atoms with van der Waals surface area (Å²) in [5.74, 6) is 2.37. The molecule has 0 saturated heterocycles. The number of benzene rings is 1. The van der Waals surface area contributed by atoms with Crippen molar-refractivity contribution in [2.24, 2.45) is 0 Å². The fourth-order valence-corrected chi connectivity index (χ4v) is 2.56. The van der Waals surface area contributed by atoms with Crippen LogP contribution in [-0.2, 0) is 0 Å². The van der Waals surface area contributed by atoms with E-state index in [0.717, 1.165) is 17.2 Å². The van der Waals surface area contributed by atoms with Gasteiger partial charge in [0.25, 0.3) is 0 Å². The minimum Gasteiger partial charge on any atom is -0.440 e. The molecular weight excluding hydrogens is 210 g/mol. The predicted octanol–water partition coefficient (Wildman–Crippen LogP) is 4.39. The lowest BCUT2D eigenvalue weighted by atomic mass is 9.89. The van der Waals surface area contributed by atoms with E-state index in [2.05, 4.69) is 17.1 Å². The van der Waals surface area contributed by atoms with Crippen LogP contribution in [0.15, 0.2) is 40.9 Å². The Labute approximate surface area is 102 Å². The SMILES string of the molecule is c1ccc(-c2cnc(C3CCCCC3)o2)cc1. The van der Waals surface area contributed by atoms with Gasteiger partial charge in [0.1, 0.15) is 0 Å². The lowest BCUT2D eigenvalue weighted by Gasteiger charge is -2.17. The first-order valence-electron chi connectivity index (χ1n) is 6.44. The molecule has 3 rings (SSSR count). The van der Waals surface area contributed by atoms with E-state index in [1.165, 1.54) is 32.1 Å². The van der Waals surface area contributed by atoms with Gasteiger partial charge in [-0.15, -0.1) is 0 Å². The second kappa shape index (κ2) is 4.74. The molecule has 1 saturated carbocycles. The average Bonchev–Trinajstić information content (AvgIpc) is 2.90. The van der Waals surface area contributed by atoms with E-state index < -0.39 is 0 Å². The summed E-state index contributed by atoms with van der Waals surface area (Å²) in [6, 6.07) is 10.2. The molecule has 1 aromatic carbocycles. The first kappa shape index (κ1) is 10.6. The van der Waals surface area contributed by atoms with E-state index in [4.69, 9.17) is 4.42 Å². The van der Waals surface area contributed by atoms with Gasteiger partial charge in [-0.1, -0.05) is 49.6 Å². The molecule has 2 aromatic rings. The van der Waals surface area contributed by atoms with Crippen molar-refractivity contribution in [1.29, 1.82) is 0 Å². The second-order valence-electron chi connectivity index (χ2n) is 4.76. The standard InChI is InChI=1S/C15H17NO/c1-3-7-12(8-4-1)14-11-16-15(17-14)13-9-5-2-6-10-13/h1,3-4,7-8,11,13H,2,5-6,9-10H2. The lowest BCUT2D eigenvalue weighted by molar-refractivity contribution is 0.367.